The van der Waals surface area contributed by atoms with E-state index in [4.69, 9.17) is 9.40 Å². The number of aromatic nitrogens is 4. The van der Waals surface area contributed by atoms with Crippen molar-refractivity contribution in [3.05, 3.63) is 41.5 Å². The molecule has 0 amide bonds. The van der Waals surface area contributed by atoms with E-state index >= 15 is 0 Å². The first kappa shape index (κ1) is 21.6. The van der Waals surface area contributed by atoms with Crippen LogP contribution in [-0.4, -0.2) is 45.6 Å². The molecule has 1 saturated heterocycles. The van der Waals surface area contributed by atoms with Crippen molar-refractivity contribution in [1.29, 1.82) is 0 Å². The quantitative estimate of drug-likeness (QED) is 0.349. The van der Waals surface area contributed by atoms with Crippen molar-refractivity contribution in [2.45, 2.75) is 48.6 Å². The molecule has 0 atom stereocenters. The SMILES string of the molecule is CCn1c(CSc2nnc(-c3cccs3)o2)nc2cc(S(=O)(=O)N3CCCCC3)ccc21. The average Bonchev–Trinajstić information content (AvgIpc) is 3.57. The molecule has 1 aromatic carbocycles. The fraction of sp³-hybridized carbons (Fsp3) is 0.381. The second kappa shape index (κ2) is 8.97. The van der Waals surface area contributed by atoms with Gasteiger partial charge in [-0.15, -0.1) is 21.5 Å². The maximum atomic E-state index is 13.1. The van der Waals surface area contributed by atoms with Crippen LogP contribution in [0.4, 0.5) is 0 Å². The van der Waals surface area contributed by atoms with Gasteiger partial charge in [-0.05, 0) is 49.4 Å². The fourth-order valence-electron chi connectivity index (χ4n) is 3.93. The van der Waals surface area contributed by atoms with Crippen LogP contribution in [0, 0.1) is 0 Å². The predicted octanol–water partition coefficient (Wildman–Crippen LogP) is 4.63. The molecule has 0 spiro atoms. The highest BCUT2D eigenvalue weighted by molar-refractivity contribution is 7.98. The zero-order valence-corrected chi connectivity index (χ0v) is 20.0. The number of fused-ring (bicyclic) bond motifs is 1. The van der Waals surface area contributed by atoms with Gasteiger partial charge in [0.25, 0.3) is 11.1 Å². The Hall–Kier alpha value is -2.21. The molecule has 0 unspecified atom stereocenters. The zero-order chi connectivity index (χ0) is 22.1. The first-order valence-electron chi connectivity index (χ1n) is 10.6. The molecule has 1 aliphatic heterocycles. The van der Waals surface area contributed by atoms with Crippen molar-refractivity contribution >= 4 is 44.2 Å². The van der Waals surface area contributed by atoms with Crippen molar-refractivity contribution < 1.29 is 12.8 Å². The fourth-order valence-corrected chi connectivity index (χ4v) is 6.82. The lowest BCUT2D eigenvalue weighted by molar-refractivity contribution is 0.346. The molecular formula is C21H23N5O3S3. The van der Waals surface area contributed by atoms with Crippen molar-refractivity contribution in [1.82, 2.24) is 24.1 Å². The Balaban J connectivity index is 1.39. The molecule has 4 heterocycles. The Morgan fingerprint density at radius 2 is 2.00 bits per heavy atom. The minimum absolute atomic E-state index is 0.310. The largest absolute Gasteiger partial charge is 0.410 e. The molecule has 0 radical (unpaired) electrons. The molecule has 0 N–H and O–H groups in total. The minimum atomic E-state index is -3.49. The predicted molar refractivity (Wildman–Crippen MR) is 125 cm³/mol. The van der Waals surface area contributed by atoms with Gasteiger partial charge in [0.15, 0.2) is 0 Å². The van der Waals surface area contributed by atoms with Crippen LogP contribution >= 0.6 is 23.1 Å². The smallest absolute Gasteiger partial charge is 0.277 e. The molecular weight excluding hydrogens is 466 g/mol. The molecule has 3 aromatic heterocycles. The second-order valence-corrected chi connectivity index (χ2v) is 11.3. The summed E-state index contributed by atoms with van der Waals surface area (Å²) in [6.07, 6.45) is 2.91. The number of hydrogen-bond acceptors (Lipinski definition) is 8. The van der Waals surface area contributed by atoms with Gasteiger partial charge in [-0.1, -0.05) is 24.2 Å². The summed E-state index contributed by atoms with van der Waals surface area (Å²) in [5.74, 6) is 1.90. The monoisotopic (exact) mass is 489 g/mol. The van der Waals surface area contributed by atoms with Crippen LogP contribution in [0.25, 0.3) is 21.8 Å². The van der Waals surface area contributed by atoms with E-state index in [1.54, 1.807) is 27.8 Å². The minimum Gasteiger partial charge on any atom is -0.410 e. The highest BCUT2D eigenvalue weighted by Crippen LogP contribution is 2.30. The first-order valence-corrected chi connectivity index (χ1v) is 13.9. The summed E-state index contributed by atoms with van der Waals surface area (Å²) in [4.78, 5) is 5.99. The third kappa shape index (κ3) is 4.09. The van der Waals surface area contributed by atoms with Gasteiger partial charge >= 0.3 is 0 Å². The second-order valence-electron chi connectivity index (χ2n) is 7.53. The Labute approximate surface area is 194 Å². The molecule has 168 valence electrons. The Bertz CT molecular complexity index is 1320. The highest BCUT2D eigenvalue weighted by Gasteiger charge is 2.26. The number of aryl methyl sites for hydroxylation is 1. The Morgan fingerprint density at radius 1 is 1.16 bits per heavy atom. The third-order valence-electron chi connectivity index (χ3n) is 5.53. The van der Waals surface area contributed by atoms with Crippen molar-refractivity contribution in [3.8, 4) is 10.8 Å². The number of thiophene rings is 1. The number of benzene rings is 1. The number of rotatable bonds is 7. The van der Waals surface area contributed by atoms with Gasteiger partial charge in [0, 0.05) is 19.6 Å². The van der Waals surface area contributed by atoms with Gasteiger partial charge in [-0.25, -0.2) is 13.4 Å². The molecule has 0 bridgehead atoms. The maximum absolute atomic E-state index is 13.1. The van der Waals surface area contributed by atoms with Crippen LogP contribution in [0.3, 0.4) is 0 Å². The van der Waals surface area contributed by atoms with Crippen LogP contribution in [0.15, 0.2) is 50.2 Å². The molecule has 8 nitrogen and oxygen atoms in total. The molecule has 4 aromatic rings. The summed E-state index contributed by atoms with van der Waals surface area (Å²) >= 11 is 2.98. The summed E-state index contributed by atoms with van der Waals surface area (Å²) < 4.78 is 35.6. The molecule has 5 rings (SSSR count). The van der Waals surface area contributed by atoms with Gasteiger partial charge in [0.05, 0.1) is 26.6 Å². The van der Waals surface area contributed by atoms with Crippen LogP contribution in [0.1, 0.15) is 32.0 Å². The van der Waals surface area contributed by atoms with Gasteiger partial charge in [0.2, 0.25) is 10.0 Å². The summed E-state index contributed by atoms with van der Waals surface area (Å²) in [5, 5.41) is 10.7. The topological polar surface area (TPSA) is 94.1 Å². The van der Waals surface area contributed by atoms with E-state index in [-0.39, 0.29) is 0 Å². The van der Waals surface area contributed by atoms with E-state index in [2.05, 4.69) is 21.7 Å². The van der Waals surface area contributed by atoms with Crippen LogP contribution in [-0.2, 0) is 22.3 Å². The molecule has 11 heteroatoms. The van der Waals surface area contributed by atoms with Gasteiger partial charge < -0.3 is 8.98 Å². The lowest BCUT2D eigenvalue weighted by Gasteiger charge is -2.25. The Morgan fingerprint density at radius 3 is 2.75 bits per heavy atom. The van der Waals surface area contributed by atoms with Gasteiger partial charge in [-0.2, -0.15) is 4.31 Å². The Kier molecular flexibility index (Phi) is 6.06. The van der Waals surface area contributed by atoms with E-state index in [0.29, 0.717) is 40.4 Å². The maximum Gasteiger partial charge on any atom is 0.277 e. The van der Waals surface area contributed by atoms with E-state index < -0.39 is 10.0 Å². The highest BCUT2D eigenvalue weighted by atomic mass is 32.2. The first-order chi connectivity index (χ1) is 15.6. The van der Waals surface area contributed by atoms with Crippen molar-refractivity contribution in [2.75, 3.05) is 13.1 Å². The zero-order valence-electron chi connectivity index (χ0n) is 17.6. The number of imidazole rings is 1. The third-order valence-corrected chi connectivity index (χ3v) is 9.10. The molecule has 0 saturated carbocycles. The number of nitrogens with zero attached hydrogens (tertiary/aromatic N) is 5. The summed E-state index contributed by atoms with van der Waals surface area (Å²) in [6, 6.07) is 9.14. The standard InChI is InChI=1S/C21H23N5O3S3/c1-2-26-17-9-8-15(32(27,28)25-10-4-3-5-11-25)13-16(17)22-19(26)14-31-21-24-23-20(29-21)18-7-6-12-30-18/h6-9,12-13H,2-5,10-11,14H2,1H3. The molecule has 1 aliphatic rings. The number of thioether (sulfide) groups is 1. The molecule has 32 heavy (non-hydrogen) atoms. The van der Waals surface area contributed by atoms with E-state index in [0.717, 1.165) is 42.0 Å². The van der Waals surface area contributed by atoms with Gasteiger partial charge in [-0.3, -0.25) is 0 Å². The number of hydrogen-bond donors (Lipinski definition) is 0. The lowest BCUT2D eigenvalue weighted by atomic mass is 10.2. The summed E-state index contributed by atoms with van der Waals surface area (Å²) in [5.41, 5.74) is 1.61. The average molecular weight is 490 g/mol. The van der Waals surface area contributed by atoms with Crippen LogP contribution < -0.4 is 0 Å². The van der Waals surface area contributed by atoms with Crippen molar-refractivity contribution in [2.24, 2.45) is 0 Å². The lowest BCUT2D eigenvalue weighted by Crippen LogP contribution is -2.35. The van der Waals surface area contributed by atoms with E-state index in [1.807, 2.05) is 23.6 Å². The summed E-state index contributed by atoms with van der Waals surface area (Å²) in [7, 11) is -3.49. The van der Waals surface area contributed by atoms with Gasteiger partial charge in [0.1, 0.15) is 5.82 Å². The number of sulfonamides is 1. The van der Waals surface area contributed by atoms with Crippen molar-refractivity contribution in [3.63, 3.8) is 0 Å². The van der Waals surface area contributed by atoms with Crippen LogP contribution in [0.2, 0.25) is 0 Å². The number of piperidine rings is 1. The van der Waals surface area contributed by atoms with E-state index in [1.165, 1.54) is 11.8 Å². The van der Waals surface area contributed by atoms with Crippen LogP contribution in [0.5, 0.6) is 0 Å². The molecule has 0 aliphatic carbocycles. The van der Waals surface area contributed by atoms with E-state index in [9.17, 15) is 8.42 Å². The molecule has 1 fully saturated rings. The summed E-state index contributed by atoms with van der Waals surface area (Å²) in [6.45, 7) is 3.96. The normalized spacial score (nSPS) is 15.5.